The predicted molar refractivity (Wildman–Crippen MR) is 211 cm³/mol. The number of unbranched alkanes of at least 4 members (excludes halogenated alkanes) is 24. The fourth-order valence-corrected chi connectivity index (χ4v) is 6.01. The van der Waals surface area contributed by atoms with Crippen molar-refractivity contribution in [3.8, 4) is 0 Å². The summed E-state index contributed by atoms with van der Waals surface area (Å²) in [5.74, 6) is -0.0833. The number of aliphatic hydroxyl groups excluding tert-OH is 2. The van der Waals surface area contributed by atoms with E-state index in [0.717, 1.165) is 38.5 Å². The average Bonchev–Trinajstić information content (AvgIpc) is 3.09. The van der Waals surface area contributed by atoms with Gasteiger partial charge in [-0.05, 0) is 64.2 Å². The van der Waals surface area contributed by atoms with Crippen molar-refractivity contribution >= 4 is 5.91 Å². The summed E-state index contributed by atoms with van der Waals surface area (Å²) in [5, 5.41) is 22.9. The summed E-state index contributed by atoms with van der Waals surface area (Å²) in [6.07, 6.45) is 53.6. The molecule has 48 heavy (non-hydrogen) atoms. The number of nitrogens with one attached hydrogen (secondary N) is 1. The highest BCUT2D eigenvalue weighted by Crippen LogP contribution is 2.14. The van der Waals surface area contributed by atoms with Crippen molar-refractivity contribution in [3.63, 3.8) is 0 Å². The first-order chi connectivity index (χ1) is 23.7. The molecule has 0 saturated heterocycles. The van der Waals surface area contributed by atoms with Gasteiger partial charge in [-0.2, -0.15) is 0 Å². The van der Waals surface area contributed by atoms with Crippen LogP contribution in [0.3, 0.4) is 0 Å². The Balaban J connectivity index is 3.58. The lowest BCUT2D eigenvalue weighted by Gasteiger charge is -2.19. The minimum absolute atomic E-state index is 0.0833. The van der Waals surface area contributed by atoms with Crippen LogP contribution in [0.2, 0.25) is 0 Å². The lowest BCUT2D eigenvalue weighted by Crippen LogP contribution is -2.45. The topological polar surface area (TPSA) is 69.6 Å². The van der Waals surface area contributed by atoms with Gasteiger partial charge < -0.3 is 15.5 Å². The molecule has 2 unspecified atom stereocenters. The van der Waals surface area contributed by atoms with Crippen LogP contribution in [0.15, 0.2) is 48.6 Å². The highest BCUT2D eigenvalue weighted by Gasteiger charge is 2.17. The molecule has 0 radical (unpaired) electrons. The van der Waals surface area contributed by atoms with Gasteiger partial charge in [0.15, 0.2) is 0 Å². The smallest absolute Gasteiger partial charge is 0.220 e. The van der Waals surface area contributed by atoms with E-state index in [1.165, 1.54) is 148 Å². The van der Waals surface area contributed by atoms with Crippen molar-refractivity contribution in [2.24, 2.45) is 0 Å². The summed E-state index contributed by atoms with van der Waals surface area (Å²) < 4.78 is 0. The molecule has 280 valence electrons. The fraction of sp³-hybridized carbons (Fsp3) is 0.795. The Morgan fingerprint density at radius 1 is 0.479 bits per heavy atom. The highest BCUT2D eigenvalue weighted by molar-refractivity contribution is 5.76. The summed E-state index contributed by atoms with van der Waals surface area (Å²) in [5.41, 5.74) is 0. The third-order valence-corrected chi connectivity index (χ3v) is 9.26. The monoisotopic (exact) mass is 672 g/mol. The van der Waals surface area contributed by atoms with Crippen LogP contribution in [0.25, 0.3) is 0 Å². The molecule has 0 aliphatic heterocycles. The zero-order valence-corrected chi connectivity index (χ0v) is 32.0. The van der Waals surface area contributed by atoms with Crippen LogP contribution < -0.4 is 5.32 Å². The van der Waals surface area contributed by atoms with Gasteiger partial charge in [-0.3, -0.25) is 4.79 Å². The third-order valence-electron chi connectivity index (χ3n) is 9.26. The van der Waals surface area contributed by atoms with Gasteiger partial charge in [0.2, 0.25) is 5.91 Å². The molecule has 0 rings (SSSR count). The van der Waals surface area contributed by atoms with Crippen LogP contribution >= 0.6 is 0 Å². The Labute approximate surface area is 299 Å². The van der Waals surface area contributed by atoms with Crippen molar-refractivity contribution in [2.75, 3.05) is 6.61 Å². The highest BCUT2D eigenvalue weighted by atomic mass is 16.3. The Hall–Kier alpha value is -1.65. The summed E-state index contributed by atoms with van der Waals surface area (Å²) in [7, 11) is 0. The summed E-state index contributed by atoms with van der Waals surface area (Å²) in [6, 6.07) is -0.645. The average molecular weight is 672 g/mol. The molecule has 2 atom stereocenters. The number of carbonyl (C=O) groups is 1. The molecule has 0 aromatic carbocycles. The molecule has 1 amide bonds. The van der Waals surface area contributed by atoms with E-state index < -0.39 is 12.1 Å². The van der Waals surface area contributed by atoms with E-state index in [1.807, 2.05) is 6.08 Å². The van der Waals surface area contributed by atoms with Gasteiger partial charge in [-0.1, -0.05) is 184 Å². The minimum atomic E-state index is -0.870. The lowest BCUT2D eigenvalue weighted by molar-refractivity contribution is -0.123. The second-order valence-corrected chi connectivity index (χ2v) is 14.0. The molecule has 0 aromatic rings. The van der Waals surface area contributed by atoms with Crippen LogP contribution in [-0.4, -0.2) is 34.9 Å². The van der Waals surface area contributed by atoms with Crippen molar-refractivity contribution in [3.05, 3.63) is 48.6 Å². The number of hydrogen-bond acceptors (Lipinski definition) is 3. The fourth-order valence-electron chi connectivity index (χ4n) is 6.01. The van der Waals surface area contributed by atoms with E-state index in [1.54, 1.807) is 6.08 Å². The first kappa shape index (κ1) is 46.4. The van der Waals surface area contributed by atoms with Crippen LogP contribution in [-0.2, 0) is 4.79 Å². The van der Waals surface area contributed by atoms with Crippen LogP contribution in [0, 0.1) is 0 Å². The lowest BCUT2D eigenvalue weighted by atomic mass is 10.0. The summed E-state index contributed by atoms with van der Waals surface area (Å²) >= 11 is 0. The van der Waals surface area contributed by atoms with Crippen LogP contribution in [0.1, 0.15) is 206 Å². The maximum Gasteiger partial charge on any atom is 0.220 e. The first-order valence-corrected chi connectivity index (χ1v) is 20.9. The van der Waals surface area contributed by atoms with E-state index in [-0.39, 0.29) is 12.5 Å². The first-order valence-electron chi connectivity index (χ1n) is 20.9. The number of allylic oxidation sites excluding steroid dienone is 7. The molecule has 0 aliphatic carbocycles. The molecule has 4 nitrogen and oxygen atoms in total. The van der Waals surface area contributed by atoms with Crippen molar-refractivity contribution in [2.45, 2.75) is 219 Å². The zero-order valence-electron chi connectivity index (χ0n) is 32.0. The quantitative estimate of drug-likeness (QED) is 0.0455. The van der Waals surface area contributed by atoms with E-state index in [4.69, 9.17) is 0 Å². The molecule has 4 heteroatoms. The largest absolute Gasteiger partial charge is 0.394 e. The van der Waals surface area contributed by atoms with Gasteiger partial charge >= 0.3 is 0 Å². The van der Waals surface area contributed by atoms with Crippen molar-refractivity contribution in [1.82, 2.24) is 5.32 Å². The molecular weight excluding hydrogens is 590 g/mol. The van der Waals surface area contributed by atoms with Gasteiger partial charge in [0.05, 0.1) is 18.8 Å². The number of aliphatic hydroxyl groups is 2. The molecule has 0 aliphatic rings. The molecule has 0 fully saturated rings. The molecular formula is C44H81NO3. The van der Waals surface area contributed by atoms with E-state index in [2.05, 4.69) is 55.6 Å². The van der Waals surface area contributed by atoms with Gasteiger partial charge in [0, 0.05) is 6.42 Å². The Morgan fingerprint density at radius 2 is 0.833 bits per heavy atom. The van der Waals surface area contributed by atoms with E-state index in [9.17, 15) is 15.0 Å². The van der Waals surface area contributed by atoms with Crippen molar-refractivity contribution in [1.29, 1.82) is 0 Å². The maximum atomic E-state index is 12.3. The van der Waals surface area contributed by atoms with Gasteiger partial charge in [-0.25, -0.2) is 0 Å². The SMILES string of the molecule is CCCC/C=C/CC/C=C/CC/C=C/C(O)C(CO)NC(=O)CCCCCCCCCC/C=C\CCCCCCCCCCCCCC. The molecule has 3 N–H and O–H groups in total. The van der Waals surface area contributed by atoms with E-state index >= 15 is 0 Å². The minimum Gasteiger partial charge on any atom is -0.394 e. The van der Waals surface area contributed by atoms with Crippen molar-refractivity contribution < 1.29 is 15.0 Å². The van der Waals surface area contributed by atoms with Crippen LogP contribution in [0.4, 0.5) is 0 Å². The van der Waals surface area contributed by atoms with Gasteiger partial charge in [0.1, 0.15) is 0 Å². The van der Waals surface area contributed by atoms with Crippen LogP contribution in [0.5, 0.6) is 0 Å². The second kappa shape index (κ2) is 39.8. The van der Waals surface area contributed by atoms with Gasteiger partial charge in [-0.15, -0.1) is 0 Å². The molecule has 0 saturated carbocycles. The number of hydrogen-bond donors (Lipinski definition) is 3. The molecule has 0 aromatic heterocycles. The second-order valence-electron chi connectivity index (χ2n) is 14.0. The number of carbonyl (C=O) groups excluding carboxylic acids is 1. The number of rotatable bonds is 37. The normalized spacial score (nSPS) is 13.5. The predicted octanol–water partition coefficient (Wildman–Crippen LogP) is 12.8. The molecule has 0 heterocycles. The Kier molecular flexibility index (Phi) is 38.4. The Bertz CT molecular complexity index is 771. The number of amides is 1. The zero-order chi connectivity index (χ0) is 35.0. The third kappa shape index (κ3) is 35.7. The maximum absolute atomic E-state index is 12.3. The van der Waals surface area contributed by atoms with Gasteiger partial charge in [0.25, 0.3) is 0 Å². The standard InChI is InChI=1S/C44H81NO3/c1-3-5-7-9-11-13-15-17-18-19-20-21-22-23-24-25-26-27-28-30-32-34-36-38-40-44(48)45-42(41-46)43(47)39-37-35-33-31-29-16-14-12-10-8-6-4-2/h10,12,23-24,29,31,37,39,42-43,46-47H,3-9,11,13-22,25-28,30,32-36,38,40-41H2,1-2H3,(H,45,48)/b12-10+,24-23-,31-29+,39-37+. The molecule has 0 bridgehead atoms. The van der Waals surface area contributed by atoms with E-state index in [0.29, 0.717) is 6.42 Å². The molecule has 0 spiro atoms. The summed E-state index contributed by atoms with van der Waals surface area (Å²) in [4.78, 5) is 12.3. The Morgan fingerprint density at radius 3 is 1.27 bits per heavy atom. The summed E-state index contributed by atoms with van der Waals surface area (Å²) in [6.45, 7) is 4.24.